The molecule has 12 nitrogen and oxygen atoms in total. The van der Waals surface area contributed by atoms with E-state index in [9.17, 15) is 29.9 Å². The third-order valence-corrected chi connectivity index (χ3v) is 7.28. The molecule has 0 aliphatic carbocycles. The number of para-hydroxylation sites is 2. The Bertz CT molecular complexity index is 1620. The smallest absolute Gasteiger partial charge is 0.294 e. The molecule has 0 aromatic heterocycles. The highest BCUT2D eigenvalue weighted by molar-refractivity contribution is 5.92. The number of amides is 2. The van der Waals surface area contributed by atoms with Crippen LogP contribution in [-0.4, -0.2) is 64.2 Å². The van der Waals surface area contributed by atoms with Crippen LogP contribution in [0.5, 0.6) is 0 Å². The third-order valence-electron chi connectivity index (χ3n) is 7.28. The van der Waals surface area contributed by atoms with Gasteiger partial charge in [-0.15, -0.1) is 0 Å². The molecule has 4 rings (SSSR count). The first-order valence-corrected chi connectivity index (χ1v) is 14.8. The van der Waals surface area contributed by atoms with Gasteiger partial charge in [0.1, 0.15) is 5.69 Å². The first-order chi connectivity index (χ1) is 22.2. The summed E-state index contributed by atoms with van der Waals surface area (Å²) in [4.78, 5) is 38.4. The Labute approximate surface area is 267 Å². The van der Waals surface area contributed by atoms with E-state index in [2.05, 4.69) is 21.3 Å². The number of hydrogen-bond donors (Lipinski definition) is 6. The van der Waals surface area contributed by atoms with Gasteiger partial charge in [-0.25, -0.2) is 0 Å². The molecule has 0 saturated heterocycles. The number of nitrogens with one attached hydrogen (secondary N) is 4. The quantitative estimate of drug-likeness (QED) is 0.0704. The highest BCUT2D eigenvalue weighted by Crippen LogP contribution is 2.30. The number of aliphatic hydroxyl groups excluding tert-OH is 2. The zero-order valence-electron chi connectivity index (χ0n) is 25.5. The highest BCUT2D eigenvalue weighted by atomic mass is 16.6. The van der Waals surface area contributed by atoms with Gasteiger partial charge >= 0.3 is 0 Å². The summed E-state index contributed by atoms with van der Waals surface area (Å²) in [7, 11) is 0. The van der Waals surface area contributed by atoms with E-state index in [0.29, 0.717) is 11.4 Å². The van der Waals surface area contributed by atoms with E-state index in [4.69, 9.17) is 0 Å². The van der Waals surface area contributed by atoms with Crippen LogP contribution in [0.3, 0.4) is 0 Å². The van der Waals surface area contributed by atoms with E-state index in [-0.39, 0.29) is 62.1 Å². The van der Waals surface area contributed by atoms with E-state index in [1.54, 1.807) is 41.3 Å². The number of nitro benzene ring substituents is 1. The molecule has 0 spiro atoms. The number of aryl methyl sites for hydroxylation is 1. The minimum absolute atomic E-state index is 0.0367. The van der Waals surface area contributed by atoms with E-state index < -0.39 is 16.9 Å². The zero-order chi connectivity index (χ0) is 32.9. The normalized spacial score (nSPS) is 10.9. The van der Waals surface area contributed by atoms with E-state index >= 15 is 0 Å². The van der Waals surface area contributed by atoms with E-state index in [1.165, 1.54) is 12.1 Å². The molecule has 0 atom stereocenters. The minimum atomic E-state index is -0.671. The molecule has 0 radical (unpaired) electrons. The van der Waals surface area contributed by atoms with Crippen molar-refractivity contribution in [1.82, 2.24) is 4.90 Å². The highest BCUT2D eigenvalue weighted by Gasteiger charge is 2.20. The minimum Gasteiger partial charge on any atom is -0.395 e. The molecule has 12 heteroatoms. The molecule has 6 N–H and O–H groups in total. The van der Waals surface area contributed by atoms with Crippen molar-refractivity contribution in [3.63, 3.8) is 0 Å². The summed E-state index contributed by atoms with van der Waals surface area (Å²) in [5.41, 5.74) is 4.46. The van der Waals surface area contributed by atoms with Crippen molar-refractivity contribution in [2.45, 2.75) is 25.8 Å². The summed E-state index contributed by atoms with van der Waals surface area (Å²) < 4.78 is 0. The van der Waals surface area contributed by atoms with Gasteiger partial charge in [-0.1, -0.05) is 36.4 Å². The Morgan fingerprint density at radius 1 is 0.717 bits per heavy atom. The molecule has 0 bridgehead atoms. The fraction of sp³-hybridized carbons (Fsp3) is 0.235. The monoisotopic (exact) mass is 626 g/mol. The van der Waals surface area contributed by atoms with Crippen LogP contribution < -0.4 is 21.3 Å². The Morgan fingerprint density at radius 2 is 1.20 bits per heavy atom. The fourth-order valence-electron chi connectivity index (χ4n) is 4.80. The van der Waals surface area contributed by atoms with Crippen LogP contribution in [0, 0.1) is 17.0 Å². The van der Waals surface area contributed by atoms with Crippen molar-refractivity contribution in [2.75, 3.05) is 47.6 Å². The van der Waals surface area contributed by atoms with Crippen molar-refractivity contribution in [3.8, 4) is 0 Å². The zero-order valence-corrected chi connectivity index (χ0v) is 25.5. The van der Waals surface area contributed by atoms with Crippen LogP contribution in [0.4, 0.5) is 39.8 Å². The number of anilines is 6. The van der Waals surface area contributed by atoms with Gasteiger partial charge in [-0.3, -0.25) is 24.6 Å². The molecule has 0 fully saturated rings. The Hall–Kier alpha value is -5.30. The maximum atomic E-state index is 12.8. The van der Waals surface area contributed by atoms with Gasteiger partial charge < -0.3 is 31.5 Å². The number of carbonyl (C=O) groups excluding carboxylic acids is 2. The van der Waals surface area contributed by atoms with Crippen molar-refractivity contribution >= 4 is 51.6 Å². The predicted molar refractivity (Wildman–Crippen MR) is 180 cm³/mol. The van der Waals surface area contributed by atoms with Crippen LogP contribution >= 0.6 is 0 Å². The lowest BCUT2D eigenvalue weighted by molar-refractivity contribution is -0.383. The topological polar surface area (TPSA) is 169 Å². The molecule has 4 aromatic rings. The molecule has 2 amide bonds. The van der Waals surface area contributed by atoms with Crippen LogP contribution in [0.15, 0.2) is 97.1 Å². The first-order valence-electron chi connectivity index (χ1n) is 14.8. The fourth-order valence-corrected chi connectivity index (χ4v) is 4.80. The van der Waals surface area contributed by atoms with Crippen molar-refractivity contribution < 1.29 is 24.7 Å². The van der Waals surface area contributed by atoms with Gasteiger partial charge in [0.15, 0.2) is 0 Å². The Balaban J connectivity index is 1.31. The van der Waals surface area contributed by atoms with E-state index in [1.807, 2.05) is 55.5 Å². The number of hydrogen-bond acceptors (Lipinski definition) is 9. The lowest BCUT2D eigenvalue weighted by atomic mass is 10.1. The average Bonchev–Trinajstić information content (AvgIpc) is 3.05. The average molecular weight is 627 g/mol. The molecule has 0 aliphatic rings. The van der Waals surface area contributed by atoms with Crippen molar-refractivity contribution in [3.05, 3.63) is 113 Å². The molecule has 4 aromatic carbocycles. The Kier molecular flexibility index (Phi) is 12.2. The maximum absolute atomic E-state index is 12.8. The molecule has 0 saturated carbocycles. The van der Waals surface area contributed by atoms with Crippen LogP contribution in [0.2, 0.25) is 0 Å². The number of aliphatic hydroxyl groups is 2. The molecular formula is C34H38N6O6. The number of rotatable bonds is 16. The summed E-state index contributed by atoms with van der Waals surface area (Å²) >= 11 is 0. The van der Waals surface area contributed by atoms with Gasteiger partial charge in [0.2, 0.25) is 11.8 Å². The predicted octanol–water partition coefficient (Wildman–Crippen LogP) is 5.40. The maximum Gasteiger partial charge on any atom is 0.294 e. The summed E-state index contributed by atoms with van der Waals surface area (Å²) in [6.07, 6.45) is 0.0221. The lowest BCUT2D eigenvalue weighted by Crippen LogP contribution is -2.43. The van der Waals surface area contributed by atoms with Gasteiger partial charge in [-0.2, -0.15) is 0 Å². The SMILES string of the molecule is Cc1cc(NC(=O)CCN(CCC(=O)Nc2ccc(Nc3ccccc3)c([N+](=O)[O-])c2)C(CO)CO)ccc1Nc1ccccc1. The lowest BCUT2D eigenvalue weighted by Gasteiger charge is -2.28. The summed E-state index contributed by atoms with van der Waals surface area (Å²) in [5.74, 6) is -0.675. The van der Waals surface area contributed by atoms with Crippen LogP contribution in [-0.2, 0) is 9.59 Å². The number of carbonyl (C=O) groups is 2. The molecule has 0 heterocycles. The third kappa shape index (κ3) is 9.86. The number of benzene rings is 4. The molecule has 46 heavy (non-hydrogen) atoms. The molecule has 0 unspecified atom stereocenters. The van der Waals surface area contributed by atoms with Crippen LogP contribution in [0.1, 0.15) is 18.4 Å². The van der Waals surface area contributed by atoms with Gasteiger partial charge in [0.05, 0.1) is 24.2 Å². The standard InChI is InChI=1S/C34H38N6O6/c1-24-20-27(12-14-30(24)35-25-8-4-2-5-9-25)37-33(43)16-18-39(29(22-41)23-42)19-17-34(44)38-28-13-15-31(32(21-28)40(45)46)36-26-10-6-3-7-11-26/h2-15,20-21,29,35-36,41-42H,16-19,22-23H2,1H3,(H,37,43)(H,38,44). The van der Waals surface area contributed by atoms with Crippen molar-refractivity contribution in [1.29, 1.82) is 0 Å². The second kappa shape index (κ2) is 16.7. The van der Waals surface area contributed by atoms with Crippen LogP contribution in [0.25, 0.3) is 0 Å². The Morgan fingerprint density at radius 3 is 1.67 bits per heavy atom. The molecular weight excluding hydrogens is 588 g/mol. The molecule has 240 valence electrons. The van der Waals surface area contributed by atoms with Gasteiger partial charge in [-0.05, 0) is 67.1 Å². The van der Waals surface area contributed by atoms with Crippen molar-refractivity contribution in [2.24, 2.45) is 0 Å². The summed E-state index contributed by atoms with van der Waals surface area (Å²) in [6.45, 7) is 1.53. The summed E-state index contributed by atoms with van der Waals surface area (Å²) in [5, 5.41) is 43.2. The number of nitro groups is 1. The second-order valence-corrected chi connectivity index (χ2v) is 10.7. The van der Waals surface area contributed by atoms with E-state index in [0.717, 1.165) is 16.9 Å². The first kappa shape index (κ1) is 33.6. The van der Waals surface area contributed by atoms with Gasteiger partial charge in [0, 0.05) is 60.4 Å². The summed E-state index contributed by atoms with van der Waals surface area (Å²) in [6, 6.07) is 28.0. The largest absolute Gasteiger partial charge is 0.395 e. The van der Waals surface area contributed by atoms with Gasteiger partial charge in [0.25, 0.3) is 5.69 Å². The number of nitrogens with zero attached hydrogens (tertiary/aromatic N) is 2. The second-order valence-electron chi connectivity index (χ2n) is 10.7. The molecule has 0 aliphatic heterocycles.